The van der Waals surface area contributed by atoms with Gasteiger partial charge in [0.15, 0.2) is 0 Å². The first-order valence-corrected chi connectivity index (χ1v) is 5.20. The molecule has 0 radical (unpaired) electrons. The summed E-state index contributed by atoms with van der Waals surface area (Å²) in [6.45, 7) is 7.84. The van der Waals surface area contributed by atoms with Gasteiger partial charge in [-0.05, 0) is 37.0 Å². The minimum absolute atomic E-state index is 0.134. The first kappa shape index (κ1) is 12.1. The predicted molar refractivity (Wildman–Crippen MR) is 60.8 cm³/mol. The number of aryl methyl sites for hydroxylation is 2. The Bertz CT molecular complexity index is 324. The fourth-order valence-corrected chi connectivity index (χ4v) is 1.93. The van der Waals surface area contributed by atoms with Gasteiger partial charge in [0.25, 0.3) is 0 Å². The molecule has 0 aliphatic rings. The molecule has 0 saturated heterocycles. The van der Waals surface area contributed by atoms with Gasteiger partial charge in [0.05, 0.1) is 6.04 Å². The van der Waals surface area contributed by atoms with Crippen LogP contribution in [0.15, 0.2) is 12.1 Å². The van der Waals surface area contributed by atoms with E-state index in [9.17, 15) is 4.39 Å². The molecule has 1 atom stereocenters. The third-order valence-electron chi connectivity index (χ3n) is 2.64. The molecule has 0 heterocycles. The van der Waals surface area contributed by atoms with Crippen molar-refractivity contribution in [3.63, 3.8) is 0 Å². The van der Waals surface area contributed by atoms with Gasteiger partial charge < -0.3 is 0 Å². The first-order chi connectivity index (χ1) is 6.97. The Morgan fingerprint density at radius 3 is 2.27 bits per heavy atom. The van der Waals surface area contributed by atoms with Crippen molar-refractivity contribution in [3.8, 4) is 0 Å². The van der Waals surface area contributed by atoms with Gasteiger partial charge in [0, 0.05) is 5.56 Å². The van der Waals surface area contributed by atoms with Gasteiger partial charge in [-0.25, -0.2) is 4.39 Å². The highest BCUT2D eigenvalue weighted by atomic mass is 19.1. The molecule has 0 saturated carbocycles. The second kappa shape index (κ2) is 4.73. The van der Waals surface area contributed by atoms with Gasteiger partial charge in [-0.2, -0.15) is 0 Å². The molecule has 1 unspecified atom stereocenters. The number of rotatable bonds is 3. The number of nitrogens with two attached hydrogens (primary N) is 1. The summed E-state index contributed by atoms with van der Waals surface area (Å²) in [4.78, 5) is 0. The van der Waals surface area contributed by atoms with Crippen molar-refractivity contribution in [2.45, 2.75) is 33.7 Å². The van der Waals surface area contributed by atoms with Crippen molar-refractivity contribution in [2.24, 2.45) is 11.8 Å². The first-order valence-electron chi connectivity index (χ1n) is 5.20. The quantitative estimate of drug-likeness (QED) is 0.594. The van der Waals surface area contributed by atoms with Crippen LogP contribution < -0.4 is 11.3 Å². The average Bonchev–Trinajstić information content (AvgIpc) is 2.09. The number of hydrogen-bond donors (Lipinski definition) is 2. The largest absolute Gasteiger partial charge is 0.271 e. The second-order valence-electron chi connectivity index (χ2n) is 4.37. The van der Waals surface area contributed by atoms with Crippen LogP contribution in [0.1, 0.15) is 36.6 Å². The monoisotopic (exact) mass is 210 g/mol. The van der Waals surface area contributed by atoms with Crippen molar-refractivity contribution in [1.82, 2.24) is 5.43 Å². The standard InChI is InChI=1S/C12H19FN2/c1-7(2)12(15-14)11-9(4)5-8(3)6-10(11)13/h5-7,12,15H,14H2,1-4H3. The Morgan fingerprint density at radius 1 is 1.27 bits per heavy atom. The maximum atomic E-state index is 13.8. The molecule has 0 amide bonds. The van der Waals surface area contributed by atoms with Crippen LogP contribution in [0, 0.1) is 25.6 Å². The molecule has 0 bridgehead atoms. The highest BCUT2D eigenvalue weighted by molar-refractivity contribution is 5.34. The third kappa shape index (κ3) is 2.55. The zero-order valence-electron chi connectivity index (χ0n) is 9.76. The van der Waals surface area contributed by atoms with Crippen molar-refractivity contribution in [2.75, 3.05) is 0 Å². The second-order valence-corrected chi connectivity index (χ2v) is 4.37. The van der Waals surface area contributed by atoms with Crippen LogP contribution in [0.4, 0.5) is 4.39 Å². The predicted octanol–water partition coefficient (Wildman–Crippen LogP) is 2.60. The van der Waals surface area contributed by atoms with Crippen LogP contribution in [0.5, 0.6) is 0 Å². The van der Waals surface area contributed by atoms with Crippen molar-refractivity contribution in [1.29, 1.82) is 0 Å². The Balaban J connectivity index is 3.23. The van der Waals surface area contributed by atoms with E-state index in [-0.39, 0.29) is 17.8 Å². The molecular formula is C12H19FN2. The van der Waals surface area contributed by atoms with E-state index in [1.54, 1.807) is 6.07 Å². The van der Waals surface area contributed by atoms with Crippen LogP contribution in [0.25, 0.3) is 0 Å². The lowest BCUT2D eigenvalue weighted by Crippen LogP contribution is -2.32. The minimum Gasteiger partial charge on any atom is -0.271 e. The smallest absolute Gasteiger partial charge is 0.128 e. The molecule has 0 aromatic heterocycles. The topological polar surface area (TPSA) is 38.0 Å². The van der Waals surface area contributed by atoms with E-state index in [0.29, 0.717) is 5.56 Å². The summed E-state index contributed by atoms with van der Waals surface area (Å²) in [6, 6.07) is 3.39. The van der Waals surface area contributed by atoms with Gasteiger partial charge in [0.1, 0.15) is 5.82 Å². The fraction of sp³-hybridized carbons (Fsp3) is 0.500. The van der Waals surface area contributed by atoms with Gasteiger partial charge in [-0.1, -0.05) is 19.9 Å². The highest BCUT2D eigenvalue weighted by Gasteiger charge is 2.20. The number of nitrogens with one attached hydrogen (secondary N) is 1. The summed E-state index contributed by atoms with van der Waals surface area (Å²) >= 11 is 0. The van der Waals surface area contributed by atoms with Gasteiger partial charge >= 0.3 is 0 Å². The normalized spacial score (nSPS) is 13.3. The van der Waals surface area contributed by atoms with E-state index in [2.05, 4.69) is 5.43 Å². The molecule has 3 N–H and O–H groups in total. The van der Waals surface area contributed by atoms with Crippen molar-refractivity contribution < 1.29 is 4.39 Å². The summed E-state index contributed by atoms with van der Waals surface area (Å²) < 4.78 is 13.8. The summed E-state index contributed by atoms with van der Waals surface area (Å²) in [5.41, 5.74) is 5.24. The lowest BCUT2D eigenvalue weighted by molar-refractivity contribution is 0.403. The average molecular weight is 210 g/mol. The molecule has 1 rings (SSSR count). The van der Waals surface area contributed by atoms with Crippen molar-refractivity contribution in [3.05, 3.63) is 34.6 Å². The van der Waals surface area contributed by atoms with E-state index in [0.717, 1.165) is 11.1 Å². The fourth-order valence-electron chi connectivity index (χ4n) is 1.93. The van der Waals surface area contributed by atoms with Crippen LogP contribution in [-0.4, -0.2) is 0 Å². The van der Waals surface area contributed by atoms with E-state index >= 15 is 0 Å². The molecule has 0 aliphatic heterocycles. The molecule has 3 heteroatoms. The van der Waals surface area contributed by atoms with E-state index < -0.39 is 0 Å². The SMILES string of the molecule is Cc1cc(C)c(C(NN)C(C)C)c(F)c1. The number of benzene rings is 1. The van der Waals surface area contributed by atoms with E-state index in [1.807, 2.05) is 33.8 Å². The highest BCUT2D eigenvalue weighted by Crippen LogP contribution is 2.27. The van der Waals surface area contributed by atoms with Crippen LogP contribution in [0.2, 0.25) is 0 Å². The van der Waals surface area contributed by atoms with Crippen LogP contribution in [0.3, 0.4) is 0 Å². The zero-order chi connectivity index (χ0) is 11.6. The summed E-state index contributed by atoms with van der Waals surface area (Å²) in [5.74, 6) is 5.54. The maximum absolute atomic E-state index is 13.8. The molecule has 1 aromatic carbocycles. The lowest BCUT2D eigenvalue weighted by Gasteiger charge is -2.23. The summed E-state index contributed by atoms with van der Waals surface area (Å²) in [6.07, 6.45) is 0. The molecule has 0 spiro atoms. The van der Waals surface area contributed by atoms with E-state index in [4.69, 9.17) is 5.84 Å². The molecule has 2 nitrogen and oxygen atoms in total. The Hall–Kier alpha value is -0.930. The molecule has 84 valence electrons. The van der Waals surface area contributed by atoms with Gasteiger partial charge in [0.2, 0.25) is 0 Å². The molecule has 0 aliphatic carbocycles. The Morgan fingerprint density at radius 2 is 1.87 bits per heavy atom. The summed E-state index contributed by atoms with van der Waals surface area (Å²) in [5, 5.41) is 0. The maximum Gasteiger partial charge on any atom is 0.128 e. The van der Waals surface area contributed by atoms with Gasteiger partial charge in [-0.3, -0.25) is 11.3 Å². The third-order valence-corrected chi connectivity index (χ3v) is 2.64. The van der Waals surface area contributed by atoms with E-state index in [1.165, 1.54) is 0 Å². The minimum atomic E-state index is -0.177. The lowest BCUT2D eigenvalue weighted by atomic mass is 9.91. The molecule has 0 fully saturated rings. The number of hydrazine groups is 1. The zero-order valence-corrected chi connectivity index (χ0v) is 9.76. The number of hydrogen-bond acceptors (Lipinski definition) is 2. The van der Waals surface area contributed by atoms with Crippen molar-refractivity contribution >= 4 is 0 Å². The Labute approximate surface area is 90.6 Å². The molecule has 15 heavy (non-hydrogen) atoms. The van der Waals surface area contributed by atoms with Gasteiger partial charge in [-0.15, -0.1) is 0 Å². The Kier molecular flexibility index (Phi) is 3.83. The van der Waals surface area contributed by atoms with Crippen LogP contribution >= 0.6 is 0 Å². The van der Waals surface area contributed by atoms with Crippen LogP contribution in [-0.2, 0) is 0 Å². The number of halogens is 1. The molecular weight excluding hydrogens is 191 g/mol. The molecule has 1 aromatic rings. The summed E-state index contributed by atoms with van der Waals surface area (Å²) in [7, 11) is 0.